The molecule has 20 heavy (non-hydrogen) atoms. The fourth-order valence-corrected chi connectivity index (χ4v) is 2.71. The maximum atomic E-state index is 11.9. The topological polar surface area (TPSA) is 67.2 Å². The molecule has 5 nitrogen and oxygen atoms in total. The van der Waals surface area contributed by atoms with E-state index < -0.39 is 0 Å². The van der Waals surface area contributed by atoms with Gasteiger partial charge in [-0.25, -0.2) is 0 Å². The summed E-state index contributed by atoms with van der Waals surface area (Å²) in [7, 11) is 0. The van der Waals surface area contributed by atoms with Gasteiger partial charge in [-0.3, -0.25) is 4.79 Å². The number of amides is 1. The number of rotatable bonds is 7. The summed E-state index contributed by atoms with van der Waals surface area (Å²) in [6.07, 6.45) is 4.43. The normalized spacial score (nSPS) is 18.4. The van der Waals surface area contributed by atoms with Crippen molar-refractivity contribution >= 4 is 5.91 Å². The molecule has 0 bridgehead atoms. The van der Waals surface area contributed by atoms with Crippen LogP contribution in [-0.2, 0) is 24.2 Å². The number of aryl methyl sites for hydroxylation is 2. The second-order valence-corrected chi connectivity index (χ2v) is 5.41. The van der Waals surface area contributed by atoms with Gasteiger partial charge in [0.05, 0.1) is 5.69 Å². The molecule has 0 radical (unpaired) electrons. The molecular formula is C15H25N3O2. The molecule has 0 spiro atoms. The summed E-state index contributed by atoms with van der Waals surface area (Å²) >= 11 is 0. The third-order valence-corrected chi connectivity index (χ3v) is 4.01. The second-order valence-electron chi connectivity index (χ2n) is 5.41. The first-order valence-corrected chi connectivity index (χ1v) is 7.68. The van der Waals surface area contributed by atoms with E-state index in [0.29, 0.717) is 18.9 Å². The molecule has 1 aliphatic heterocycles. The van der Waals surface area contributed by atoms with Crippen LogP contribution in [0.1, 0.15) is 50.1 Å². The van der Waals surface area contributed by atoms with Crippen molar-refractivity contribution in [3.8, 4) is 0 Å². The molecule has 1 aromatic rings. The minimum Gasteiger partial charge on any atom is -0.361 e. The highest BCUT2D eigenvalue weighted by Crippen LogP contribution is 2.16. The van der Waals surface area contributed by atoms with Crippen LogP contribution in [0.3, 0.4) is 0 Å². The van der Waals surface area contributed by atoms with Crippen LogP contribution in [0.15, 0.2) is 4.52 Å². The lowest BCUT2D eigenvalue weighted by Gasteiger charge is -2.09. The molecule has 0 saturated carbocycles. The van der Waals surface area contributed by atoms with Crippen molar-refractivity contribution in [2.24, 2.45) is 5.92 Å². The maximum absolute atomic E-state index is 11.9. The van der Waals surface area contributed by atoms with Gasteiger partial charge in [-0.15, -0.1) is 0 Å². The van der Waals surface area contributed by atoms with Crippen LogP contribution in [0, 0.1) is 5.92 Å². The molecule has 1 unspecified atom stereocenters. The van der Waals surface area contributed by atoms with Crippen LogP contribution in [-0.4, -0.2) is 24.2 Å². The van der Waals surface area contributed by atoms with Crippen molar-refractivity contribution in [3.05, 3.63) is 17.0 Å². The Bertz CT molecular complexity index is 415. The van der Waals surface area contributed by atoms with Gasteiger partial charge in [-0.2, -0.15) is 0 Å². The zero-order valence-electron chi connectivity index (χ0n) is 12.5. The number of hydrogen-bond acceptors (Lipinski definition) is 4. The molecule has 2 rings (SSSR count). The fraction of sp³-hybridized carbons (Fsp3) is 0.733. The van der Waals surface area contributed by atoms with E-state index in [4.69, 9.17) is 4.52 Å². The monoisotopic (exact) mass is 279 g/mol. The number of hydrogen-bond donors (Lipinski definition) is 2. The lowest BCUT2D eigenvalue weighted by molar-refractivity contribution is -0.121. The van der Waals surface area contributed by atoms with Crippen molar-refractivity contribution in [1.82, 2.24) is 15.8 Å². The predicted octanol–water partition coefficient (Wildman–Crippen LogP) is 1.81. The van der Waals surface area contributed by atoms with E-state index in [-0.39, 0.29) is 5.91 Å². The van der Waals surface area contributed by atoms with E-state index in [1.165, 1.54) is 6.42 Å². The van der Waals surface area contributed by atoms with Gasteiger partial charge >= 0.3 is 0 Å². The molecule has 1 aromatic heterocycles. The summed E-state index contributed by atoms with van der Waals surface area (Å²) in [6.45, 7) is 6.78. The van der Waals surface area contributed by atoms with Crippen molar-refractivity contribution in [2.75, 3.05) is 13.1 Å². The Kier molecular flexibility index (Phi) is 5.59. The summed E-state index contributed by atoms with van der Waals surface area (Å²) in [6, 6.07) is 0. The zero-order chi connectivity index (χ0) is 14.4. The fourth-order valence-electron chi connectivity index (χ4n) is 2.71. The molecular weight excluding hydrogens is 254 g/mol. The van der Waals surface area contributed by atoms with E-state index in [0.717, 1.165) is 49.4 Å². The van der Waals surface area contributed by atoms with E-state index >= 15 is 0 Å². The van der Waals surface area contributed by atoms with Crippen molar-refractivity contribution in [3.63, 3.8) is 0 Å². The number of nitrogens with zero attached hydrogens (tertiary/aromatic N) is 1. The maximum Gasteiger partial charge on any atom is 0.220 e. The number of nitrogens with one attached hydrogen (secondary N) is 2. The van der Waals surface area contributed by atoms with Crippen LogP contribution in [0.4, 0.5) is 0 Å². The van der Waals surface area contributed by atoms with Crippen molar-refractivity contribution in [1.29, 1.82) is 0 Å². The predicted molar refractivity (Wildman–Crippen MR) is 77.3 cm³/mol. The molecule has 112 valence electrons. The summed E-state index contributed by atoms with van der Waals surface area (Å²) in [5.41, 5.74) is 2.02. The van der Waals surface area contributed by atoms with Gasteiger partial charge in [0.1, 0.15) is 5.76 Å². The quantitative estimate of drug-likeness (QED) is 0.799. The van der Waals surface area contributed by atoms with Gasteiger partial charge in [-0.05, 0) is 38.3 Å². The highest BCUT2D eigenvalue weighted by Gasteiger charge is 2.17. The standard InChI is InChI=1S/C15H25N3O2/c1-3-13-12(14(4-2)20-18-13)10-17-15(19)6-5-11-7-8-16-9-11/h11,16H,3-10H2,1-2H3,(H,17,19). The third-order valence-electron chi connectivity index (χ3n) is 4.01. The highest BCUT2D eigenvalue weighted by atomic mass is 16.5. The molecule has 1 atom stereocenters. The summed E-state index contributed by atoms with van der Waals surface area (Å²) in [5, 5.41) is 10.4. The zero-order valence-corrected chi connectivity index (χ0v) is 12.5. The third kappa shape index (κ3) is 3.82. The Morgan fingerprint density at radius 1 is 1.45 bits per heavy atom. The average molecular weight is 279 g/mol. The van der Waals surface area contributed by atoms with Crippen molar-refractivity contribution in [2.45, 2.75) is 52.5 Å². The molecule has 1 aliphatic rings. The van der Waals surface area contributed by atoms with Crippen LogP contribution in [0.5, 0.6) is 0 Å². The van der Waals surface area contributed by atoms with E-state index in [1.807, 2.05) is 6.92 Å². The average Bonchev–Trinajstić information content (AvgIpc) is 3.11. The largest absolute Gasteiger partial charge is 0.361 e. The number of aromatic nitrogens is 1. The number of carbonyl (C=O) groups is 1. The summed E-state index contributed by atoms with van der Waals surface area (Å²) < 4.78 is 5.30. The van der Waals surface area contributed by atoms with Gasteiger partial charge in [0, 0.05) is 24.9 Å². The summed E-state index contributed by atoms with van der Waals surface area (Å²) in [5.74, 6) is 1.68. The van der Waals surface area contributed by atoms with Crippen LogP contribution < -0.4 is 10.6 Å². The minimum atomic E-state index is 0.127. The first-order valence-electron chi connectivity index (χ1n) is 7.68. The molecule has 2 heterocycles. The van der Waals surface area contributed by atoms with Gasteiger partial charge in [0.2, 0.25) is 5.91 Å². The summed E-state index contributed by atoms with van der Waals surface area (Å²) in [4.78, 5) is 11.9. The molecule has 1 amide bonds. The molecule has 5 heteroatoms. The lowest BCUT2D eigenvalue weighted by Crippen LogP contribution is -2.24. The van der Waals surface area contributed by atoms with Gasteiger partial charge < -0.3 is 15.2 Å². The second kappa shape index (κ2) is 7.43. The highest BCUT2D eigenvalue weighted by molar-refractivity contribution is 5.75. The lowest BCUT2D eigenvalue weighted by atomic mass is 10.0. The first-order chi connectivity index (χ1) is 9.74. The Morgan fingerprint density at radius 2 is 2.30 bits per heavy atom. The van der Waals surface area contributed by atoms with Crippen molar-refractivity contribution < 1.29 is 9.32 Å². The minimum absolute atomic E-state index is 0.127. The van der Waals surface area contributed by atoms with E-state index in [1.54, 1.807) is 0 Å². The van der Waals surface area contributed by atoms with E-state index in [2.05, 4.69) is 22.7 Å². The SMILES string of the molecule is CCc1noc(CC)c1CNC(=O)CCC1CCNC1. The molecule has 0 aromatic carbocycles. The number of carbonyl (C=O) groups excluding carboxylic acids is 1. The molecule has 0 aliphatic carbocycles. The van der Waals surface area contributed by atoms with E-state index in [9.17, 15) is 4.79 Å². The molecule has 2 N–H and O–H groups in total. The van der Waals surface area contributed by atoms with Gasteiger partial charge in [0.25, 0.3) is 0 Å². The van der Waals surface area contributed by atoms with Crippen LogP contribution in [0.25, 0.3) is 0 Å². The Labute approximate surface area is 120 Å². The van der Waals surface area contributed by atoms with Gasteiger partial charge in [0.15, 0.2) is 0 Å². The van der Waals surface area contributed by atoms with Crippen LogP contribution in [0.2, 0.25) is 0 Å². The van der Waals surface area contributed by atoms with Crippen LogP contribution >= 0.6 is 0 Å². The Morgan fingerprint density at radius 3 is 2.95 bits per heavy atom. The smallest absolute Gasteiger partial charge is 0.220 e. The Hall–Kier alpha value is -1.36. The first kappa shape index (κ1) is 15.0. The van der Waals surface area contributed by atoms with Gasteiger partial charge in [-0.1, -0.05) is 19.0 Å². The Balaban J connectivity index is 1.78. The molecule has 1 fully saturated rings. The molecule has 1 saturated heterocycles.